The largest absolute Gasteiger partial charge is 0.480 e. The molecule has 0 saturated heterocycles. The summed E-state index contributed by atoms with van der Waals surface area (Å²) in [7, 11) is 1.54. The molecule has 0 heterocycles. The Morgan fingerprint density at radius 3 is 2.62 bits per heavy atom. The van der Waals surface area contributed by atoms with E-state index in [4.69, 9.17) is 9.84 Å². The monoisotopic (exact) mass is 229 g/mol. The summed E-state index contributed by atoms with van der Waals surface area (Å²) >= 11 is 0. The molecule has 0 aliphatic heterocycles. The molecule has 0 spiro atoms. The van der Waals surface area contributed by atoms with E-state index in [9.17, 15) is 9.59 Å². The summed E-state index contributed by atoms with van der Waals surface area (Å²) in [5, 5.41) is 8.69. The maximum Gasteiger partial charge on any atom is 0.323 e. The number of aliphatic carboxylic acids is 1. The van der Waals surface area contributed by atoms with Gasteiger partial charge in [0.1, 0.15) is 6.54 Å². The molecule has 1 rings (SSSR count). The average Bonchev–Trinajstić information content (AvgIpc) is 3.04. The predicted octanol–water partition coefficient (Wildman–Crippen LogP) is 0.736. The summed E-state index contributed by atoms with van der Waals surface area (Å²) in [5.74, 6) is -0.361. The third-order valence-corrected chi connectivity index (χ3v) is 2.71. The van der Waals surface area contributed by atoms with Crippen molar-refractivity contribution in [3.8, 4) is 0 Å². The van der Waals surface area contributed by atoms with Crippen LogP contribution >= 0.6 is 0 Å². The van der Waals surface area contributed by atoms with Crippen LogP contribution in [0, 0.1) is 5.92 Å². The number of carbonyl (C=O) groups excluding carboxylic acids is 1. The predicted molar refractivity (Wildman–Crippen MR) is 58.0 cm³/mol. The van der Waals surface area contributed by atoms with Crippen LogP contribution in [0.15, 0.2) is 0 Å². The van der Waals surface area contributed by atoms with E-state index >= 15 is 0 Å². The molecule has 0 atom stereocenters. The number of carbonyl (C=O) groups is 2. The van der Waals surface area contributed by atoms with Gasteiger partial charge in [-0.15, -0.1) is 0 Å². The van der Waals surface area contributed by atoms with Crippen molar-refractivity contribution in [1.82, 2.24) is 4.90 Å². The highest BCUT2D eigenvalue weighted by molar-refractivity contribution is 5.81. The quantitative estimate of drug-likeness (QED) is 0.666. The van der Waals surface area contributed by atoms with Gasteiger partial charge in [-0.1, -0.05) is 12.8 Å². The van der Waals surface area contributed by atoms with Crippen molar-refractivity contribution in [3.05, 3.63) is 0 Å². The zero-order valence-electron chi connectivity index (χ0n) is 9.65. The van der Waals surface area contributed by atoms with Gasteiger partial charge < -0.3 is 14.7 Å². The van der Waals surface area contributed by atoms with Crippen molar-refractivity contribution < 1.29 is 19.4 Å². The molecule has 1 aliphatic rings. The third kappa shape index (κ3) is 5.11. The van der Waals surface area contributed by atoms with Crippen LogP contribution in [0.1, 0.15) is 25.7 Å². The molecule has 92 valence electrons. The lowest BCUT2D eigenvalue weighted by atomic mass is 10.2. The standard InChI is InChI=1S/C11H19NO4/c1-16-7-6-12(8-11(14)15)10(13)5-4-9-2-3-9/h9H,2-8H2,1H3,(H,14,15). The fourth-order valence-electron chi connectivity index (χ4n) is 1.55. The molecule has 0 aromatic heterocycles. The van der Waals surface area contributed by atoms with E-state index < -0.39 is 5.97 Å². The molecule has 16 heavy (non-hydrogen) atoms. The number of hydrogen-bond acceptors (Lipinski definition) is 3. The number of carboxylic acid groups (broad SMARTS) is 1. The minimum atomic E-state index is -0.976. The number of hydrogen-bond donors (Lipinski definition) is 1. The Hall–Kier alpha value is -1.10. The molecule has 1 saturated carbocycles. The van der Waals surface area contributed by atoms with Crippen molar-refractivity contribution in [2.24, 2.45) is 5.92 Å². The van der Waals surface area contributed by atoms with Crippen molar-refractivity contribution in [3.63, 3.8) is 0 Å². The van der Waals surface area contributed by atoms with Gasteiger partial charge in [0, 0.05) is 20.1 Å². The van der Waals surface area contributed by atoms with E-state index in [1.165, 1.54) is 24.9 Å². The van der Waals surface area contributed by atoms with Crippen LogP contribution < -0.4 is 0 Å². The molecule has 1 fully saturated rings. The fraction of sp³-hybridized carbons (Fsp3) is 0.818. The number of ether oxygens (including phenoxy) is 1. The van der Waals surface area contributed by atoms with Crippen molar-refractivity contribution >= 4 is 11.9 Å². The molecule has 1 N–H and O–H groups in total. The molecule has 1 amide bonds. The van der Waals surface area contributed by atoms with E-state index in [2.05, 4.69) is 0 Å². The second kappa shape index (κ2) is 6.48. The Bertz CT molecular complexity index is 250. The summed E-state index contributed by atoms with van der Waals surface area (Å²) in [6.45, 7) is 0.502. The number of rotatable bonds is 8. The fourth-order valence-corrected chi connectivity index (χ4v) is 1.55. The molecule has 0 unspecified atom stereocenters. The first-order valence-corrected chi connectivity index (χ1v) is 5.62. The van der Waals surface area contributed by atoms with Gasteiger partial charge in [-0.25, -0.2) is 0 Å². The minimum Gasteiger partial charge on any atom is -0.480 e. The second-order valence-electron chi connectivity index (χ2n) is 4.18. The summed E-state index contributed by atoms with van der Waals surface area (Å²) < 4.78 is 4.86. The van der Waals surface area contributed by atoms with Gasteiger partial charge in [0.15, 0.2) is 0 Å². The zero-order chi connectivity index (χ0) is 12.0. The normalized spacial score (nSPS) is 14.8. The first-order valence-electron chi connectivity index (χ1n) is 5.62. The van der Waals surface area contributed by atoms with Crippen LogP contribution in [0.5, 0.6) is 0 Å². The van der Waals surface area contributed by atoms with Crippen molar-refractivity contribution in [1.29, 1.82) is 0 Å². The number of amides is 1. The molecule has 1 aliphatic carbocycles. The Balaban J connectivity index is 2.31. The molecule has 5 heteroatoms. The Morgan fingerprint density at radius 1 is 1.44 bits per heavy atom. The smallest absolute Gasteiger partial charge is 0.323 e. The molecular formula is C11H19NO4. The van der Waals surface area contributed by atoms with Gasteiger partial charge in [-0.3, -0.25) is 9.59 Å². The van der Waals surface area contributed by atoms with Crippen molar-refractivity contribution in [2.75, 3.05) is 26.8 Å². The SMILES string of the molecule is COCCN(CC(=O)O)C(=O)CCC1CC1. The second-order valence-corrected chi connectivity index (χ2v) is 4.18. The molecule has 0 bridgehead atoms. The van der Waals surface area contributed by atoms with Crippen LogP contribution in [-0.2, 0) is 14.3 Å². The summed E-state index contributed by atoms with van der Waals surface area (Å²) in [6, 6.07) is 0. The highest BCUT2D eigenvalue weighted by Gasteiger charge is 2.24. The van der Waals surface area contributed by atoms with Crippen LogP contribution in [0.25, 0.3) is 0 Å². The topological polar surface area (TPSA) is 66.8 Å². The number of methoxy groups -OCH3 is 1. The zero-order valence-corrected chi connectivity index (χ0v) is 9.65. The molecule has 5 nitrogen and oxygen atoms in total. The van der Waals surface area contributed by atoms with E-state index in [-0.39, 0.29) is 12.5 Å². The maximum atomic E-state index is 11.7. The van der Waals surface area contributed by atoms with Gasteiger partial charge in [0.2, 0.25) is 5.91 Å². The van der Waals surface area contributed by atoms with Crippen LogP contribution in [-0.4, -0.2) is 48.7 Å². The van der Waals surface area contributed by atoms with Crippen LogP contribution in [0.4, 0.5) is 0 Å². The summed E-state index contributed by atoms with van der Waals surface area (Å²) in [4.78, 5) is 23.7. The van der Waals surface area contributed by atoms with E-state index in [1.54, 1.807) is 0 Å². The lowest BCUT2D eigenvalue weighted by Gasteiger charge is -2.20. The summed E-state index contributed by atoms with van der Waals surface area (Å²) in [5.41, 5.74) is 0. The minimum absolute atomic E-state index is 0.0775. The highest BCUT2D eigenvalue weighted by Crippen LogP contribution is 2.33. The first kappa shape index (κ1) is 13.0. The van der Waals surface area contributed by atoms with Gasteiger partial charge in [0.25, 0.3) is 0 Å². The Morgan fingerprint density at radius 2 is 2.12 bits per heavy atom. The number of nitrogens with zero attached hydrogens (tertiary/aromatic N) is 1. The molecule has 0 aromatic rings. The van der Waals surface area contributed by atoms with Gasteiger partial charge in [0.05, 0.1) is 6.61 Å². The lowest BCUT2D eigenvalue weighted by Crippen LogP contribution is -2.37. The van der Waals surface area contributed by atoms with Crippen LogP contribution in [0.3, 0.4) is 0 Å². The van der Waals surface area contributed by atoms with Crippen molar-refractivity contribution in [2.45, 2.75) is 25.7 Å². The van der Waals surface area contributed by atoms with E-state index in [1.807, 2.05) is 0 Å². The van der Waals surface area contributed by atoms with E-state index in [0.717, 1.165) is 6.42 Å². The molecule has 0 aromatic carbocycles. The van der Waals surface area contributed by atoms with Crippen LogP contribution in [0.2, 0.25) is 0 Å². The maximum absolute atomic E-state index is 11.7. The van der Waals surface area contributed by atoms with E-state index in [0.29, 0.717) is 25.5 Å². The average molecular weight is 229 g/mol. The molecule has 0 radical (unpaired) electrons. The Kier molecular flexibility index (Phi) is 5.25. The van der Waals surface area contributed by atoms with Gasteiger partial charge >= 0.3 is 5.97 Å². The third-order valence-electron chi connectivity index (χ3n) is 2.71. The van der Waals surface area contributed by atoms with Gasteiger partial charge in [-0.2, -0.15) is 0 Å². The van der Waals surface area contributed by atoms with Gasteiger partial charge in [-0.05, 0) is 12.3 Å². The Labute approximate surface area is 95.4 Å². The molecular weight excluding hydrogens is 210 g/mol. The highest BCUT2D eigenvalue weighted by atomic mass is 16.5. The lowest BCUT2D eigenvalue weighted by molar-refractivity contribution is -0.144. The first-order chi connectivity index (χ1) is 7.63. The number of carboxylic acids is 1. The summed E-state index contributed by atoms with van der Waals surface area (Å²) in [6.07, 6.45) is 3.78.